The zero-order chi connectivity index (χ0) is 21.5. The SMILES string of the molecule is Cc1cc(S(=O)(=O)N(C)Cc2nc3cc(C(=O)N(C)C)ccc3n2C)ccc1F. The summed E-state index contributed by atoms with van der Waals surface area (Å²) in [6.07, 6.45) is 0. The number of fused-ring (bicyclic) bond motifs is 1. The maximum atomic E-state index is 13.5. The predicted molar refractivity (Wildman–Crippen MR) is 109 cm³/mol. The first-order valence-electron chi connectivity index (χ1n) is 8.92. The molecule has 0 spiro atoms. The summed E-state index contributed by atoms with van der Waals surface area (Å²) in [5.74, 6) is -0.0603. The molecule has 7 nitrogen and oxygen atoms in total. The quantitative estimate of drug-likeness (QED) is 0.638. The summed E-state index contributed by atoms with van der Waals surface area (Å²) in [6, 6.07) is 8.92. The van der Waals surface area contributed by atoms with Crippen molar-refractivity contribution in [3.63, 3.8) is 0 Å². The standard InChI is InChI=1S/C20H23FN4O3S/c1-13-10-15(7-8-16(13)21)29(27,28)24(4)12-19-22-17-11-14(20(26)23(2)3)6-9-18(17)25(19)5/h6-11H,12H2,1-5H3. The Morgan fingerprint density at radius 1 is 1.14 bits per heavy atom. The molecule has 0 radical (unpaired) electrons. The van der Waals surface area contributed by atoms with Crippen molar-refractivity contribution >= 4 is 27.0 Å². The first-order chi connectivity index (χ1) is 13.5. The van der Waals surface area contributed by atoms with Crippen LogP contribution in [0.15, 0.2) is 41.3 Å². The van der Waals surface area contributed by atoms with Crippen LogP contribution in [0, 0.1) is 12.7 Å². The Morgan fingerprint density at radius 3 is 2.45 bits per heavy atom. The van der Waals surface area contributed by atoms with Gasteiger partial charge >= 0.3 is 0 Å². The van der Waals surface area contributed by atoms with Gasteiger partial charge in [0.05, 0.1) is 22.5 Å². The number of sulfonamides is 1. The molecule has 3 aromatic rings. The summed E-state index contributed by atoms with van der Waals surface area (Å²) >= 11 is 0. The molecule has 0 saturated heterocycles. The molecule has 0 fully saturated rings. The highest BCUT2D eigenvalue weighted by atomic mass is 32.2. The van der Waals surface area contributed by atoms with E-state index in [4.69, 9.17) is 0 Å². The molecule has 9 heteroatoms. The summed E-state index contributed by atoms with van der Waals surface area (Å²) in [7, 11) is 2.78. The van der Waals surface area contributed by atoms with Crippen LogP contribution in [0.5, 0.6) is 0 Å². The minimum absolute atomic E-state index is 0.0246. The van der Waals surface area contributed by atoms with Crippen LogP contribution < -0.4 is 0 Å². The van der Waals surface area contributed by atoms with Crippen molar-refractivity contribution in [1.82, 2.24) is 18.8 Å². The predicted octanol–water partition coefficient (Wildman–Crippen LogP) is 2.54. The number of aromatic nitrogens is 2. The van der Waals surface area contributed by atoms with E-state index >= 15 is 0 Å². The average molecular weight is 418 g/mol. The molecule has 154 valence electrons. The lowest BCUT2D eigenvalue weighted by Crippen LogP contribution is -2.27. The van der Waals surface area contributed by atoms with E-state index in [9.17, 15) is 17.6 Å². The fraction of sp³-hybridized carbons (Fsp3) is 0.300. The van der Waals surface area contributed by atoms with E-state index in [1.807, 2.05) is 0 Å². The van der Waals surface area contributed by atoms with E-state index in [2.05, 4.69) is 4.98 Å². The molecule has 0 aliphatic heterocycles. The van der Waals surface area contributed by atoms with Crippen LogP contribution in [0.25, 0.3) is 11.0 Å². The minimum Gasteiger partial charge on any atom is -0.345 e. The first-order valence-corrected chi connectivity index (χ1v) is 10.4. The maximum Gasteiger partial charge on any atom is 0.253 e. The second kappa shape index (κ2) is 7.57. The van der Waals surface area contributed by atoms with E-state index in [0.29, 0.717) is 16.9 Å². The Bertz CT molecular complexity index is 1200. The minimum atomic E-state index is -3.81. The third-order valence-electron chi connectivity index (χ3n) is 4.83. The van der Waals surface area contributed by atoms with Crippen LogP contribution in [0.3, 0.4) is 0 Å². The Hall–Kier alpha value is -2.78. The van der Waals surface area contributed by atoms with E-state index < -0.39 is 15.8 Å². The number of amides is 1. The van der Waals surface area contributed by atoms with Gasteiger partial charge in [0.1, 0.15) is 11.6 Å². The van der Waals surface area contributed by atoms with Gasteiger partial charge < -0.3 is 9.47 Å². The molecule has 0 bridgehead atoms. The number of imidazole rings is 1. The van der Waals surface area contributed by atoms with Crippen molar-refractivity contribution in [3.8, 4) is 0 Å². The molecular weight excluding hydrogens is 395 g/mol. The molecule has 1 aromatic heterocycles. The summed E-state index contributed by atoms with van der Waals surface area (Å²) in [6.45, 7) is 1.55. The van der Waals surface area contributed by atoms with Crippen LogP contribution >= 0.6 is 0 Å². The number of carbonyl (C=O) groups is 1. The van der Waals surface area contributed by atoms with Crippen LogP contribution in [0.4, 0.5) is 4.39 Å². The number of aryl methyl sites for hydroxylation is 2. The number of carbonyl (C=O) groups excluding carboxylic acids is 1. The van der Waals surface area contributed by atoms with E-state index in [1.165, 1.54) is 35.3 Å². The average Bonchev–Trinajstić information content (AvgIpc) is 2.98. The highest BCUT2D eigenvalue weighted by Crippen LogP contribution is 2.22. The molecule has 0 saturated carbocycles. The van der Waals surface area contributed by atoms with Gasteiger partial charge in [0.2, 0.25) is 10.0 Å². The molecule has 0 aliphatic rings. The van der Waals surface area contributed by atoms with Gasteiger partial charge in [-0.15, -0.1) is 0 Å². The second-order valence-electron chi connectivity index (χ2n) is 7.16. The second-order valence-corrected chi connectivity index (χ2v) is 9.21. The summed E-state index contributed by atoms with van der Waals surface area (Å²) in [5.41, 5.74) is 2.17. The smallest absolute Gasteiger partial charge is 0.253 e. The highest BCUT2D eigenvalue weighted by Gasteiger charge is 2.24. The maximum absolute atomic E-state index is 13.5. The molecule has 29 heavy (non-hydrogen) atoms. The lowest BCUT2D eigenvalue weighted by molar-refractivity contribution is 0.0827. The molecule has 0 aliphatic carbocycles. The molecule has 1 amide bonds. The van der Waals surface area contributed by atoms with Gasteiger partial charge in [0.15, 0.2) is 0 Å². The Morgan fingerprint density at radius 2 is 1.83 bits per heavy atom. The Kier molecular flexibility index (Phi) is 5.46. The van der Waals surface area contributed by atoms with Gasteiger partial charge in [-0.05, 0) is 48.9 Å². The summed E-state index contributed by atoms with van der Waals surface area (Å²) < 4.78 is 42.2. The van der Waals surface area contributed by atoms with Crippen LogP contribution in [0.2, 0.25) is 0 Å². The van der Waals surface area contributed by atoms with Gasteiger partial charge in [-0.2, -0.15) is 4.31 Å². The van der Waals surface area contributed by atoms with E-state index in [1.54, 1.807) is 43.9 Å². The van der Waals surface area contributed by atoms with Gasteiger partial charge in [-0.3, -0.25) is 4.79 Å². The summed E-state index contributed by atoms with van der Waals surface area (Å²) in [5, 5.41) is 0. The van der Waals surface area contributed by atoms with Gasteiger partial charge in [0.25, 0.3) is 5.91 Å². The van der Waals surface area contributed by atoms with Crippen molar-refractivity contribution in [2.75, 3.05) is 21.1 Å². The van der Waals surface area contributed by atoms with Crippen molar-refractivity contribution in [2.45, 2.75) is 18.4 Å². The van der Waals surface area contributed by atoms with E-state index in [0.717, 1.165) is 11.6 Å². The number of hydrogen-bond donors (Lipinski definition) is 0. The molecule has 3 rings (SSSR count). The molecule has 0 atom stereocenters. The summed E-state index contributed by atoms with van der Waals surface area (Å²) in [4.78, 5) is 18.2. The number of hydrogen-bond acceptors (Lipinski definition) is 4. The van der Waals surface area contributed by atoms with Crippen LogP contribution in [0.1, 0.15) is 21.7 Å². The fourth-order valence-corrected chi connectivity index (χ4v) is 4.24. The number of halogens is 1. The number of rotatable bonds is 5. The van der Waals surface area contributed by atoms with Crippen LogP contribution in [-0.2, 0) is 23.6 Å². The van der Waals surface area contributed by atoms with Gasteiger partial charge in [-0.1, -0.05) is 0 Å². The van der Waals surface area contributed by atoms with Gasteiger partial charge in [0, 0.05) is 33.8 Å². The third-order valence-corrected chi connectivity index (χ3v) is 6.63. The van der Waals surface area contributed by atoms with E-state index in [-0.39, 0.29) is 22.9 Å². The largest absolute Gasteiger partial charge is 0.345 e. The zero-order valence-electron chi connectivity index (χ0n) is 17.0. The number of nitrogens with zero attached hydrogens (tertiary/aromatic N) is 4. The molecule has 0 N–H and O–H groups in total. The lowest BCUT2D eigenvalue weighted by Gasteiger charge is -2.17. The first kappa shape index (κ1) is 20.9. The van der Waals surface area contributed by atoms with Crippen LogP contribution in [-0.4, -0.2) is 54.2 Å². The fourth-order valence-electron chi connectivity index (χ4n) is 3.02. The lowest BCUT2D eigenvalue weighted by atomic mass is 10.2. The molecular formula is C20H23FN4O3S. The molecule has 0 unspecified atom stereocenters. The van der Waals surface area contributed by atoms with Crippen molar-refractivity contribution in [1.29, 1.82) is 0 Å². The normalized spacial score (nSPS) is 12.0. The number of benzene rings is 2. The third kappa shape index (κ3) is 3.88. The monoisotopic (exact) mass is 418 g/mol. The van der Waals surface area contributed by atoms with Crippen molar-refractivity contribution in [3.05, 3.63) is 59.2 Å². The van der Waals surface area contributed by atoms with Gasteiger partial charge in [-0.25, -0.2) is 17.8 Å². The molecule has 1 heterocycles. The highest BCUT2D eigenvalue weighted by molar-refractivity contribution is 7.89. The Labute approximate surface area is 169 Å². The molecule has 2 aromatic carbocycles. The van der Waals surface area contributed by atoms with Crippen molar-refractivity contribution < 1.29 is 17.6 Å². The van der Waals surface area contributed by atoms with Crippen molar-refractivity contribution in [2.24, 2.45) is 7.05 Å². The zero-order valence-corrected chi connectivity index (χ0v) is 17.8. The topological polar surface area (TPSA) is 75.5 Å². The Balaban J connectivity index is 1.93.